The molecule has 0 aromatic carbocycles. The lowest BCUT2D eigenvalue weighted by Gasteiger charge is -2.27. The lowest BCUT2D eigenvalue weighted by Crippen LogP contribution is -2.34. The molecule has 0 bridgehead atoms. The van der Waals surface area contributed by atoms with E-state index < -0.39 is 0 Å². The van der Waals surface area contributed by atoms with E-state index in [1.165, 1.54) is 0 Å². The Balaban J connectivity index is 3.03. The van der Waals surface area contributed by atoms with Gasteiger partial charge in [-0.25, -0.2) is 9.97 Å². The number of aromatic nitrogens is 2. The molecule has 1 rings (SSSR count). The Kier molecular flexibility index (Phi) is 5.15. The van der Waals surface area contributed by atoms with Crippen LogP contribution >= 0.6 is 0 Å². The first-order chi connectivity index (χ1) is 8.15. The topological polar surface area (TPSA) is 50.3 Å². The van der Waals surface area contributed by atoms with Crippen molar-refractivity contribution >= 4 is 11.6 Å². The van der Waals surface area contributed by atoms with Crippen molar-refractivity contribution in [3.05, 3.63) is 11.9 Å². The molecule has 0 aliphatic rings. The fourth-order valence-corrected chi connectivity index (χ4v) is 1.81. The third-order valence-corrected chi connectivity index (χ3v) is 2.92. The smallest absolute Gasteiger partial charge is 0.137 e. The van der Waals surface area contributed by atoms with Crippen LogP contribution in [0, 0.1) is 0 Å². The molecule has 5 nitrogen and oxygen atoms in total. The summed E-state index contributed by atoms with van der Waals surface area (Å²) < 4.78 is 5.18. The van der Waals surface area contributed by atoms with E-state index in [0.717, 1.165) is 23.6 Å². The van der Waals surface area contributed by atoms with Gasteiger partial charge in [-0.15, -0.1) is 0 Å². The normalized spacial score (nSPS) is 12.3. The second-order valence-corrected chi connectivity index (χ2v) is 4.04. The maximum atomic E-state index is 5.18. The summed E-state index contributed by atoms with van der Waals surface area (Å²) in [5.74, 6) is 1.87. The Hall–Kier alpha value is -1.36. The molecule has 0 aliphatic heterocycles. The summed E-state index contributed by atoms with van der Waals surface area (Å²) in [6.45, 7) is 4.90. The van der Waals surface area contributed by atoms with Crippen molar-refractivity contribution in [1.29, 1.82) is 0 Å². The molecule has 1 N–H and O–H groups in total. The number of hydrogen-bond acceptors (Lipinski definition) is 5. The van der Waals surface area contributed by atoms with Gasteiger partial charge in [0.1, 0.15) is 18.0 Å². The first-order valence-electron chi connectivity index (χ1n) is 5.89. The van der Waals surface area contributed by atoms with Crippen LogP contribution in [-0.4, -0.2) is 43.8 Å². The monoisotopic (exact) mass is 238 g/mol. The Bertz CT molecular complexity index is 356. The molecular formula is C12H22N4O. The molecule has 0 saturated carbocycles. The van der Waals surface area contributed by atoms with Crippen molar-refractivity contribution in [3.63, 3.8) is 0 Å². The molecule has 1 heterocycles. The highest BCUT2D eigenvalue weighted by Gasteiger charge is 2.16. The highest BCUT2D eigenvalue weighted by Crippen LogP contribution is 2.24. The van der Waals surface area contributed by atoms with Crippen molar-refractivity contribution in [1.82, 2.24) is 9.97 Å². The molecule has 1 aromatic heterocycles. The van der Waals surface area contributed by atoms with Crippen molar-refractivity contribution in [2.45, 2.75) is 26.3 Å². The molecule has 1 unspecified atom stereocenters. The molecule has 1 atom stereocenters. The van der Waals surface area contributed by atoms with Crippen LogP contribution in [0.5, 0.6) is 0 Å². The molecule has 0 amide bonds. The van der Waals surface area contributed by atoms with Crippen molar-refractivity contribution in [3.8, 4) is 0 Å². The summed E-state index contributed by atoms with van der Waals surface area (Å²) in [7, 11) is 5.62. The van der Waals surface area contributed by atoms with Crippen LogP contribution in [0.4, 0.5) is 11.6 Å². The third kappa shape index (κ3) is 3.06. The number of likely N-dealkylation sites (N-methyl/N-ethyl adjacent to an activating group) is 1. The molecule has 96 valence electrons. The summed E-state index contributed by atoms with van der Waals surface area (Å²) in [5.41, 5.74) is 1.14. The average Bonchev–Trinajstić information content (AvgIpc) is 2.36. The van der Waals surface area contributed by atoms with E-state index in [9.17, 15) is 0 Å². The lowest BCUT2D eigenvalue weighted by molar-refractivity contribution is 0.183. The number of methoxy groups -OCH3 is 1. The van der Waals surface area contributed by atoms with Gasteiger partial charge in [0, 0.05) is 26.8 Å². The van der Waals surface area contributed by atoms with Gasteiger partial charge < -0.3 is 15.0 Å². The molecule has 0 radical (unpaired) electrons. The molecule has 0 fully saturated rings. The van der Waals surface area contributed by atoms with Gasteiger partial charge in [0.15, 0.2) is 0 Å². The van der Waals surface area contributed by atoms with Crippen LogP contribution in [-0.2, 0) is 11.2 Å². The van der Waals surface area contributed by atoms with Crippen LogP contribution in [0.2, 0.25) is 0 Å². The lowest BCUT2D eigenvalue weighted by atomic mass is 10.2. The Morgan fingerprint density at radius 3 is 2.71 bits per heavy atom. The van der Waals surface area contributed by atoms with Crippen molar-refractivity contribution < 1.29 is 4.74 Å². The number of hydrogen-bond donors (Lipinski definition) is 1. The molecule has 5 heteroatoms. The van der Waals surface area contributed by atoms with Gasteiger partial charge >= 0.3 is 0 Å². The van der Waals surface area contributed by atoms with Gasteiger partial charge in [0.05, 0.1) is 12.6 Å². The summed E-state index contributed by atoms with van der Waals surface area (Å²) >= 11 is 0. The van der Waals surface area contributed by atoms with E-state index in [-0.39, 0.29) is 6.04 Å². The Morgan fingerprint density at radius 2 is 2.18 bits per heavy atom. The Labute approximate surface area is 103 Å². The van der Waals surface area contributed by atoms with Gasteiger partial charge in [-0.3, -0.25) is 0 Å². The van der Waals surface area contributed by atoms with E-state index in [1.807, 2.05) is 14.1 Å². The largest absolute Gasteiger partial charge is 0.383 e. The highest BCUT2D eigenvalue weighted by atomic mass is 16.5. The zero-order chi connectivity index (χ0) is 12.8. The second kappa shape index (κ2) is 6.39. The van der Waals surface area contributed by atoms with E-state index in [4.69, 9.17) is 4.74 Å². The SMILES string of the molecule is CCc1c(NC)ncnc1N(C)C(C)COC. The van der Waals surface area contributed by atoms with Gasteiger partial charge in [0.2, 0.25) is 0 Å². The number of anilines is 2. The van der Waals surface area contributed by atoms with Crippen molar-refractivity contribution in [2.75, 3.05) is 38.0 Å². The van der Waals surface area contributed by atoms with Crippen LogP contribution in [0.25, 0.3) is 0 Å². The molecule has 0 aliphatic carbocycles. The van der Waals surface area contributed by atoms with Crippen LogP contribution < -0.4 is 10.2 Å². The van der Waals surface area contributed by atoms with Gasteiger partial charge in [-0.05, 0) is 13.3 Å². The van der Waals surface area contributed by atoms with Crippen LogP contribution in [0.15, 0.2) is 6.33 Å². The second-order valence-electron chi connectivity index (χ2n) is 4.04. The van der Waals surface area contributed by atoms with Crippen molar-refractivity contribution in [2.24, 2.45) is 0 Å². The molecule has 0 saturated heterocycles. The molecule has 0 spiro atoms. The fraction of sp³-hybridized carbons (Fsp3) is 0.667. The van der Waals surface area contributed by atoms with Gasteiger partial charge in [-0.1, -0.05) is 6.92 Å². The zero-order valence-electron chi connectivity index (χ0n) is 11.3. The fourth-order valence-electron chi connectivity index (χ4n) is 1.81. The maximum absolute atomic E-state index is 5.18. The predicted molar refractivity (Wildman–Crippen MR) is 70.7 cm³/mol. The van der Waals surface area contributed by atoms with E-state index in [2.05, 4.69) is 34.0 Å². The Morgan fingerprint density at radius 1 is 1.47 bits per heavy atom. The van der Waals surface area contributed by atoms with Gasteiger partial charge in [0.25, 0.3) is 0 Å². The zero-order valence-corrected chi connectivity index (χ0v) is 11.3. The minimum Gasteiger partial charge on any atom is -0.383 e. The van der Waals surface area contributed by atoms with E-state index in [1.54, 1.807) is 13.4 Å². The highest BCUT2D eigenvalue weighted by molar-refractivity contribution is 5.58. The number of rotatable bonds is 6. The quantitative estimate of drug-likeness (QED) is 0.815. The van der Waals surface area contributed by atoms with Crippen LogP contribution in [0.1, 0.15) is 19.4 Å². The van der Waals surface area contributed by atoms with Crippen LogP contribution in [0.3, 0.4) is 0 Å². The molecular weight excluding hydrogens is 216 g/mol. The number of nitrogens with zero attached hydrogens (tertiary/aromatic N) is 3. The summed E-state index contributed by atoms with van der Waals surface area (Å²) in [6.07, 6.45) is 2.49. The minimum atomic E-state index is 0.282. The first kappa shape index (κ1) is 13.7. The maximum Gasteiger partial charge on any atom is 0.137 e. The predicted octanol–water partition coefficient (Wildman–Crippen LogP) is 1.55. The molecule has 17 heavy (non-hydrogen) atoms. The summed E-state index contributed by atoms with van der Waals surface area (Å²) in [6, 6.07) is 0.282. The average molecular weight is 238 g/mol. The van der Waals surface area contributed by atoms with E-state index in [0.29, 0.717) is 6.61 Å². The molecule has 1 aromatic rings. The summed E-state index contributed by atoms with van der Waals surface area (Å²) in [5, 5.41) is 3.10. The number of ether oxygens (including phenoxy) is 1. The van der Waals surface area contributed by atoms with Gasteiger partial charge in [-0.2, -0.15) is 0 Å². The van der Waals surface area contributed by atoms with E-state index >= 15 is 0 Å². The first-order valence-corrected chi connectivity index (χ1v) is 5.89. The number of nitrogens with one attached hydrogen (secondary N) is 1. The standard InChI is InChI=1S/C12H22N4O/c1-6-10-11(13-3)14-8-15-12(10)16(4)9(2)7-17-5/h8-9H,6-7H2,1-5H3,(H,13,14,15). The third-order valence-electron chi connectivity index (χ3n) is 2.92. The summed E-state index contributed by atoms with van der Waals surface area (Å²) in [4.78, 5) is 10.7. The minimum absolute atomic E-state index is 0.282.